The monoisotopic (exact) mass is 321 g/mol. The molecule has 2 N–H and O–H groups in total. The summed E-state index contributed by atoms with van der Waals surface area (Å²) in [4.78, 5) is 12.3. The number of hydrogen-bond donors (Lipinski definition) is 2. The highest BCUT2D eigenvalue weighted by molar-refractivity contribution is 6.36. The van der Waals surface area contributed by atoms with E-state index in [9.17, 15) is 9.90 Å². The number of nitrogens with one attached hydrogen (secondary N) is 1. The molecule has 1 amide bonds. The molecule has 21 heavy (non-hydrogen) atoms. The summed E-state index contributed by atoms with van der Waals surface area (Å²) in [6.07, 6.45) is 1.41. The molecule has 0 radical (unpaired) electrons. The third-order valence-electron chi connectivity index (χ3n) is 3.71. The average molecular weight is 322 g/mol. The summed E-state index contributed by atoms with van der Waals surface area (Å²) < 4.78 is 0. The van der Waals surface area contributed by atoms with E-state index in [0.717, 1.165) is 0 Å². The Bertz CT molecular complexity index is 690. The van der Waals surface area contributed by atoms with Crippen molar-refractivity contribution in [1.82, 2.24) is 0 Å². The lowest BCUT2D eigenvalue weighted by atomic mass is 10.1. The van der Waals surface area contributed by atoms with Crippen LogP contribution in [0, 0.1) is 5.92 Å². The minimum atomic E-state index is -0.162. The van der Waals surface area contributed by atoms with Crippen LogP contribution in [0.1, 0.15) is 11.1 Å². The van der Waals surface area contributed by atoms with Crippen molar-refractivity contribution in [3.05, 3.63) is 57.6 Å². The third-order valence-corrected chi connectivity index (χ3v) is 4.21. The number of halogens is 2. The van der Waals surface area contributed by atoms with E-state index in [4.69, 9.17) is 23.2 Å². The molecule has 1 aliphatic carbocycles. The van der Waals surface area contributed by atoms with Crippen molar-refractivity contribution in [3.8, 4) is 5.75 Å². The molecule has 0 spiro atoms. The summed E-state index contributed by atoms with van der Waals surface area (Å²) in [5.41, 5.74) is 2.64. The minimum absolute atomic E-state index is 0.118. The van der Waals surface area contributed by atoms with Crippen molar-refractivity contribution in [2.24, 2.45) is 5.92 Å². The van der Waals surface area contributed by atoms with Crippen LogP contribution >= 0.6 is 23.2 Å². The van der Waals surface area contributed by atoms with Gasteiger partial charge in [-0.3, -0.25) is 4.79 Å². The number of hydrogen-bond acceptors (Lipinski definition) is 2. The second kappa shape index (κ2) is 5.58. The summed E-state index contributed by atoms with van der Waals surface area (Å²) in [5, 5.41) is 13.1. The maximum Gasteiger partial charge on any atom is 0.228 e. The van der Waals surface area contributed by atoms with Crippen molar-refractivity contribution in [2.45, 2.75) is 12.8 Å². The van der Waals surface area contributed by atoms with E-state index in [1.54, 1.807) is 0 Å². The standard InChI is InChI=1S/C16H13Cl2NO2/c17-12-7-13(18)15(20)14(8-12)19-16(21)11-5-9-3-1-2-4-10(9)6-11/h1-4,7-8,11,20H,5-6H2,(H,19,21). The lowest BCUT2D eigenvalue weighted by molar-refractivity contribution is -0.119. The van der Waals surface area contributed by atoms with Crippen LogP contribution in [0.3, 0.4) is 0 Å². The molecule has 0 saturated carbocycles. The van der Waals surface area contributed by atoms with Crippen molar-refractivity contribution in [1.29, 1.82) is 0 Å². The first-order chi connectivity index (χ1) is 10.0. The van der Waals surface area contributed by atoms with Gasteiger partial charge in [0.05, 0.1) is 10.7 Å². The number of anilines is 1. The topological polar surface area (TPSA) is 49.3 Å². The molecule has 0 bridgehead atoms. The summed E-state index contributed by atoms with van der Waals surface area (Å²) in [5.74, 6) is -0.440. The van der Waals surface area contributed by atoms with Gasteiger partial charge in [-0.15, -0.1) is 0 Å². The number of benzene rings is 2. The zero-order chi connectivity index (χ0) is 15.0. The van der Waals surface area contributed by atoms with Gasteiger partial charge in [-0.05, 0) is 36.1 Å². The number of carbonyl (C=O) groups excluding carboxylic acids is 1. The van der Waals surface area contributed by atoms with Crippen LogP contribution in [-0.2, 0) is 17.6 Å². The van der Waals surface area contributed by atoms with Gasteiger partial charge < -0.3 is 10.4 Å². The van der Waals surface area contributed by atoms with Crippen molar-refractivity contribution in [2.75, 3.05) is 5.32 Å². The van der Waals surface area contributed by atoms with Gasteiger partial charge in [0.15, 0.2) is 5.75 Å². The Morgan fingerprint density at radius 2 is 1.76 bits per heavy atom. The summed E-state index contributed by atoms with van der Waals surface area (Å²) in [6.45, 7) is 0. The van der Waals surface area contributed by atoms with Crippen molar-refractivity contribution in [3.63, 3.8) is 0 Å². The van der Waals surface area contributed by atoms with E-state index in [2.05, 4.69) is 5.32 Å². The van der Waals surface area contributed by atoms with Crippen LogP contribution in [-0.4, -0.2) is 11.0 Å². The molecule has 0 heterocycles. The molecule has 0 saturated heterocycles. The number of fused-ring (bicyclic) bond motifs is 1. The van der Waals surface area contributed by atoms with E-state index < -0.39 is 0 Å². The minimum Gasteiger partial charge on any atom is -0.504 e. The summed E-state index contributed by atoms with van der Waals surface area (Å²) in [6, 6.07) is 10.9. The van der Waals surface area contributed by atoms with Crippen LogP contribution in [0.25, 0.3) is 0 Å². The SMILES string of the molecule is O=C(Nc1cc(Cl)cc(Cl)c1O)C1Cc2ccccc2C1. The summed E-state index contributed by atoms with van der Waals surface area (Å²) in [7, 11) is 0. The second-order valence-electron chi connectivity index (χ2n) is 5.15. The van der Waals surface area contributed by atoms with Crippen LogP contribution in [0.15, 0.2) is 36.4 Å². The van der Waals surface area contributed by atoms with Gasteiger partial charge in [0, 0.05) is 10.9 Å². The number of amides is 1. The number of carbonyl (C=O) groups is 1. The Labute approximate surface area is 132 Å². The molecule has 2 aromatic rings. The quantitative estimate of drug-likeness (QED) is 0.820. The maximum atomic E-state index is 12.3. The first kappa shape index (κ1) is 14.2. The first-order valence-corrected chi connectivity index (χ1v) is 7.36. The number of rotatable bonds is 2. The molecular formula is C16H13Cl2NO2. The van der Waals surface area contributed by atoms with E-state index in [1.165, 1.54) is 23.3 Å². The van der Waals surface area contributed by atoms with Crippen LogP contribution < -0.4 is 5.32 Å². The van der Waals surface area contributed by atoms with E-state index in [-0.39, 0.29) is 28.3 Å². The molecule has 1 aliphatic rings. The van der Waals surface area contributed by atoms with Gasteiger partial charge >= 0.3 is 0 Å². The lowest BCUT2D eigenvalue weighted by Gasteiger charge is -2.12. The Kier molecular flexibility index (Phi) is 3.79. The number of aromatic hydroxyl groups is 1. The predicted molar refractivity (Wildman–Crippen MR) is 84.1 cm³/mol. The van der Waals surface area contributed by atoms with E-state index in [0.29, 0.717) is 17.9 Å². The molecule has 3 nitrogen and oxygen atoms in total. The van der Waals surface area contributed by atoms with Crippen LogP contribution in [0.4, 0.5) is 5.69 Å². The zero-order valence-corrected chi connectivity index (χ0v) is 12.6. The van der Waals surface area contributed by atoms with Crippen molar-refractivity contribution >= 4 is 34.8 Å². The Balaban J connectivity index is 1.77. The number of phenolic OH excluding ortho intramolecular Hbond substituents is 1. The zero-order valence-electron chi connectivity index (χ0n) is 11.1. The summed E-state index contributed by atoms with van der Waals surface area (Å²) >= 11 is 11.7. The van der Waals surface area contributed by atoms with Crippen LogP contribution in [0.2, 0.25) is 10.0 Å². The van der Waals surface area contributed by atoms with Gasteiger partial charge in [0.2, 0.25) is 5.91 Å². The number of phenols is 1. The Hall–Kier alpha value is -1.71. The highest BCUT2D eigenvalue weighted by atomic mass is 35.5. The molecule has 0 aliphatic heterocycles. The highest BCUT2D eigenvalue weighted by Crippen LogP contribution is 2.36. The fourth-order valence-electron chi connectivity index (χ4n) is 2.64. The van der Waals surface area contributed by atoms with Crippen LogP contribution in [0.5, 0.6) is 5.75 Å². The maximum absolute atomic E-state index is 12.3. The largest absolute Gasteiger partial charge is 0.504 e. The molecule has 0 unspecified atom stereocenters. The second-order valence-corrected chi connectivity index (χ2v) is 5.99. The first-order valence-electron chi connectivity index (χ1n) is 6.60. The molecule has 0 fully saturated rings. The fraction of sp³-hybridized carbons (Fsp3) is 0.188. The molecule has 0 atom stereocenters. The Morgan fingerprint density at radius 1 is 1.14 bits per heavy atom. The fourth-order valence-corrected chi connectivity index (χ4v) is 3.13. The molecule has 0 aromatic heterocycles. The van der Waals surface area contributed by atoms with Gasteiger partial charge in [-0.2, -0.15) is 0 Å². The molecule has 2 aromatic carbocycles. The normalized spacial score (nSPS) is 14.0. The van der Waals surface area contributed by atoms with E-state index >= 15 is 0 Å². The Morgan fingerprint density at radius 3 is 2.38 bits per heavy atom. The lowest BCUT2D eigenvalue weighted by Crippen LogP contribution is -2.23. The van der Waals surface area contributed by atoms with Crippen molar-refractivity contribution < 1.29 is 9.90 Å². The van der Waals surface area contributed by atoms with Gasteiger partial charge in [-0.1, -0.05) is 47.5 Å². The van der Waals surface area contributed by atoms with Gasteiger partial charge in [0.25, 0.3) is 0 Å². The molecule has 3 rings (SSSR count). The molecule has 108 valence electrons. The smallest absolute Gasteiger partial charge is 0.228 e. The highest BCUT2D eigenvalue weighted by Gasteiger charge is 2.27. The molecular weight excluding hydrogens is 309 g/mol. The third kappa shape index (κ3) is 2.85. The van der Waals surface area contributed by atoms with Gasteiger partial charge in [0.1, 0.15) is 0 Å². The van der Waals surface area contributed by atoms with Gasteiger partial charge in [-0.25, -0.2) is 0 Å². The predicted octanol–water partition coefficient (Wildman–Crippen LogP) is 4.05. The molecule has 5 heteroatoms. The van der Waals surface area contributed by atoms with E-state index in [1.807, 2.05) is 24.3 Å². The average Bonchev–Trinajstić information content (AvgIpc) is 2.88.